The van der Waals surface area contributed by atoms with Crippen LogP contribution < -0.4 is 20.1 Å². The largest absolute Gasteiger partial charge is 0.486 e. The van der Waals surface area contributed by atoms with E-state index >= 15 is 0 Å². The molecule has 2 N–H and O–H groups in total. The standard InChI is InChI=1S/C20H18N4O4/c1-26-19(25)13-2-4-14(5-3-13)23-20-21-9-8-18(24-20)22-15-6-7-16-17(12-15)28-11-10-27-16/h2-9,12H,10-11H2,1H3,(H2,21,22,23,24). The van der Waals surface area contributed by atoms with Gasteiger partial charge in [0.15, 0.2) is 11.5 Å². The highest BCUT2D eigenvalue weighted by Crippen LogP contribution is 2.33. The van der Waals surface area contributed by atoms with Gasteiger partial charge in [-0.2, -0.15) is 4.98 Å². The van der Waals surface area contributed by atoms with Crippen LogP contribution in [0.1, 0.15) is 10.4 Å². The van der Waals surface area contributed by atoms with Crippen LogP contribution in [0.15, 0.2) is 54.7 Å². The van der Waals surface area contributed by atoms with E-state index in [0.717, 1.165) is 17.1 Å². The summed E-state index contributed by atoms with van der Waals surface area (Å²) < 4.78 is 15.8. The molecule has 2 heterocycles. The molecule has 142 valence electrons. The molecule has 4 rings (SSSR count). The molecule has 8 nitrogen and oxygen atoms in total. The molecule has 8 heteroatoms. The summed E-state index contributed by atoms with van der Waals surface area (Å²) in [5.41, 5.74) is 2.06. The number of carbonyl (C=O) groups excluding carboxylic acids is 1. The van der Waals surface area contributed by atoms with Crippen LogP contribution in [-0.4, -0.2) is 36.3 Å². The van der Waals surface area contributed by atoms with Crippen molar-refractivity contribution in [3.05, 3.63) is 60.3 Å². The van der Waals surface area contributed by atoms with E-state index in [1.165, 1.54) is 7.11 Å². The van der Waals surface area contributed by atoms with E-state index in [9.17, 15) is 4.79 Å². The van der Waals surface area contributed by atoms with Crippen molar-refractivity contribution < 1.29 is 19.0 Å². The normalized spacial score (nSPS) is 12.2. The Morgan fingerprint density at radius 3 is 2.50 bits per heavy atom. The third-order valence-electron chi connectivity index (χ3n) is 4.03. The van der Waals surface area contributed by atoms with Gasteiger partial charge in [-0.3, -0.25) is 0 Å². The predicted molar refractivity (Wildman–Crippen MR) is 104 cm³/mol. The van der Waals surface area contributed by atoms with Gasteiger partial charge >= 0.3 is 5.97 Å². The molecule has 0 amide bonds. The van der Waals surface area contributed by atoms with Crippen molar-refractivity contribution in [2.45, 2.75) is 0 Å². The second kappa shape index (κ2) is 7.83. The first-order chi connectivity index (χ1) is 13.7. The average Bonchev–Trinajstić information content (AvgIpc) is 2.74. The Morgan fingerprint density at radius 1 is 0.964 bits per heavy atom. The quantitative estimate of drug-likeness (QED) is 0.651. The number of aromatic nitrogens is 2. The first kappa shape index (κ1) is 17.6. The van der Waals surface area contributed by atoms with E-state index in [1.807, 2.05) is 18.2 Å². The molecule has 1 aromatic heterocycles. The maximum Gasteiger partial charge on any atom is 0.337 e. The van der Waals surface area contributed by atoms with Gasteiger partial charge in [-0.05, 0) is 42.5 Å². The Morgan fingerprint density at radius 2 is 1.71 bits per heavy atom. The van der Waals surface area contributed by atoms with E-state index in [0.29, 0.717) is 36.3 Å². The highest BCUT2D eigenvalue weighted by atomic mass is 16.6. The molecule has 0 saturated heterocycles. The number of anilines is 4. The molecule has 0 aliphatic carbocycles. The Labute approximate surface area is 161 Å². The lowest BCUT2D eigenvalue weighted by Crippen LogP contribution is -2.15. The number of nitrogens with zero attached hydrogens (tertiary/aromatic N) is 2. The maximum atomic E-state index is 11.5. The number of carbonyl (C=O) groups is 1. The van der Waals surface area contributed by atoms with Gasteiger partial charge in [-0.25, -0.2) is 9.78 Å². The lowest BCUT2D eigenvalue weighted by atomic mass is 10.2. The molecule has 3 aromatic rings. The van der Waals surface area contributed by atoms with Crippen LogP contribution in [0, 0.1) is 0 Å². The fourth-order valence-corrected chi connectivity index (χ4v) is 2.69. The summed E-state index contributed by atoms with van der Waals surface area (Å²) in [6.45, 7) is 1.09. The van der Waals surface area contributed by atoms with Crippen LogP contribution in [0.2, 0.25) is 0 Å². The monoisotopic (exact) mass is 378 g/mol. The van der Waals surface area contributed by atoms with E-state index < -0.39 is 0 Å². The Hall–Kier alpha value is -3.81. The Bertz CT molecular complexity index is 992. The first-order valence-corrected chi connectivity index (χ1v) is 8.66. The fraction of sp³-hybridized carbons (Fsp3) is 0.150. The molecule has 0 bridgehead atoms. The van der Waals surface area contributed by atoms with E-state index in [1.54, 1.807) is 36.5 Å². The minimum Gasteiger partial charge on any atom is -0.486 e. The van der Waals surface area contributed by atoms with Crippen LogP contribution in [0.3, 0.4) is 0 Å². The second-order valence-electron chi connectivity index (χ2n) is 5.94. The van der Waals surface area contributed by atoms with Crippen LogP contribution >= 0.6 is 0 Å². The minimum absolute atomic E-state index is 0.381. The van der Waals surface area contributed by atoms with Gasteiger partial charge in [0.2, 0.25) is 5.95 Å². The molecular formula is C20H18N4O4. The SMILES string of the molecule is COC(=O)c1ccc(Nc2nccc(Nc3ccc4c(c3)OCCO4)n2)cc1. The Kier molecular flexibility index (Phi) is 4.92. The smallest absolute Gasteiger partial charge is 0.337 e. The van der Waals surface area contributed by atoms with Crippen molar-refractivity contribution in [2.24, 2.45) is 0 Å². The fourth-order valence-electron chi connectivity index (χ4n) is 2.69. The zero-order chi connectivity index (χ0) is 19.3. The van der Waals surface area contributed by atoms with Gasteiger partial charge in [-0.1, -0.05) is 0 Å². The Balaban J connectivity index is 1.46. The highest BCUT2D eigenvalue weighted by molar-refractivity contribution is 5.89. The van der Waals surface area contributed by atoms with Crippen LogP contribution in [0.5, 0.6) is 11.5 Å². The summed E-state index contributed by atoms with van der Waals surface area (Å²) >= 11 is 0. The summed E-state index contributed by atoms with van der Waals surface area (Å²) in [6, 6.07) is 14.3. The minimum atomic E-state index is -0.381. The number of hydrogen-bond acceptors (Lipinski definition) is 8. The number of fused-ring (bicyclic) bond motifs is 1. The summed E-state index contributed by atoms with van der Waals surface area (Å²) in [4.78, 5) is 20.2. The van der Waals surface area contributed by atoms with Crippen LogP contribution in [0.4, 0.5) is 23.1 Å². The van der Waals surface area contributed by atoms with Crippen LogP contribution in [0.25, 0.3) is 0 Å². The molecule has 1 aliphatic rings. The number of ether oxygens (including phenoxy) is 3. The third kappa shape index (κ3) is 3.96. The topological polar surface area (TPSA) is 94.6 Å². The average molecular weight is 378 g/mol. The van der Waals surface area contributed by atoms with Gasteiger partial charge < -0.3 is 24.8 Å². The lowest BCUT2D eigenvalue weighted by molar-refractivity contribution is 0.0601. The van der Waals surface area contributed by atoms with E-state index in [2.05, 4.69) is 20.6 Å². The summed E-state index contributed by atoms with van der Waals surface area (Å²) in [6.07, 6.45) is 1.65. The predicted octanol–water partition coefficient (Wildman–Crippen LogP) is 3.52. The zero-order valence-corrected chi connectivity index (χ0v) is 15.1. The maximum absolute atomic E-state index is 11.5. The molecule has 0 saturated carbocycles. The number of methoxy groups -OCH3 is 1. The number of nitrogens with one attached hydrogen (secondary N) is 2. The van der Waals surface area contributed by atoms with Crippen molar-refractivity contribution in [1.29, 1.82) is 0 Å². The molecule has 1 aliphatic heterocycles. The second-order valence-corrected chi connectivity index (χ2v) is 5.94. The van der Waals surface area contributed by atoms with Crippen molar-refractivity contribution in [1.82, 2.24) is 9.97 Å². The van der Waals surface area contributed by atoms with Crippen molar-refractivity contribution in [2.75, 3.05) is 31.0 Å². The zero-order valence-electron chi connectivity index (χ0n) is 15.1. The van der Waals surface area contributed by atoms with Crippen molar-refractivity contribution in [3.63, 3.8) is 0 Å². The number of benzene rings is 2. The molecule has 0 unspecified atom stereocenters. The molecule has 0 atom stereocenters. The third-order valence-corrected chi connectivity index (χ3v) is 4.03. The van der Waals surface area contributed by atoms with E-state index in [-0.39, 0.29) is 5.97 Å². The molecule has 0 radical (unpaired) electrons. The number of esters is 1. The first-order valence-electron chi connectivity index (χ1n) is 8.66. The summed E-state index contributed by atoms with van der Waals surface area (Å²) in [7, 11) is 1.35. The van der Waals surface area contributed by atoms with Gasteiger partial charge in [0.1, 0.15) is 19.0 Å². The lowest BCUT2D eigenvalue weighted by Gasteiger charge is -2.19. The van der Waals surface area contributed by atoms with Gasteiger partial charge in [0, 0.05) is 23.6 Å². The molecule has 0 fully saturated rings. The van der Waals surface area contributed by atoms with Crippen molar-refractivity contribution in [3.8, 4) is 11.5 Å². The van der Waals surface area contributed by atoms with Gasteiger partial charge in [0.05, 0.1) is 12.7 Å². The number of hydrogen-bond donors (Lipinski definition) is 2. The molecule has 2 aromatic carbocycles. The van der Waals surface area contributed by atoms with Gasteiger partial charge in [0.25, 0.3) is 0 Å². The van der Waals surface area contributed by atoms with Crippen molar-refractivity contribution >= 4 is 29.1 Å². The highest BCUT2D eigenvalue weighted by Gasteiger charge is 2.12. The molecule has 0 spiro atoms. The molecular weight excluding hydrogens is 360 g/mol. The van der Waals surface area contributed by atoms with Crippen LogP contribution in [-0.2, 0) is 4.74 Å². The summed E-state index contributed by atoms with van der Waals surface area (Å²) in [5, 5.41) is 6.33. The number of rotatable bonds is 5. The molecule has 28 heavy (non-hydrogen) atoms. The van der Waals surface area contributed by atoms with Gasteiger partial charge in [-0.15, -0.1) is 0 Å². The summed E-state index contributed by atoms with van der Waals surface area (Å²) in [5.74, 6) is 2.11. The van der Waals surface area contributed by atoms with E-state index in [4.69, 9.17) is 14.2 Å².